The Balaban J connectivity index is 2.04. The molecule has 0 radical (unpaired) electrons. The Morgan fingerprint density at radius 2 is 1.81 bits per heavy atom. The molecule has 3 rings (SSSR count). The van der Waals surface area contributed by atoms with Crippen LogP contribution in [0.2, 0.25) is 0 Å². The molecule has 6 heteroatoms. The van der Waals surface area contributed by atoms with Gasteiger partial charge in [0.15, 0.2) is 11.0 Å². The first kappa shape index (κ1) is 18.7. The molecular formula is C20H20BrN3OS. The van der Waals surface area contributed by atoms with Crippen molar-refractivity contribution >= 4 is 27.7 Å². The molecule has 2 aromatic carbocycles. The lowest BCUT2D eigenvalue weighted by molar-refractivity contribution is 0.340. The predicted octanol–water partition coefficient (Wildman–Crippen LogP) is 5.76. The number of ether oxygens (including phenoxy) is 1. The zero-order valence-electron chi connectivity index (χ0n) is 14.8. The van der Waals surface area contributed by atoms with Crippen molar-refractivity contribution in [3.8, 4) is 22.8 Å². The molecule has 0 unspecified atom stereocenters. The molecule has 0 aliphatic rings. The summed E-state index contributed by atoms with van der Waals surface area (Å²) >= 11 is 5.11. The van der Waals surface area contributed by atoms with Gasteiger partial charge in [-0.25, -0.2) is 0 Å². The second-order valence-corrected chi connectivity index (χ2v) is 7.68. The average Bonchev–Trinajstić information content (AvgIpc) is 3.05. The van der Waals surface area contributed by atoms with Crippen LogP contribution in [0.5, 0.6) is 5.75 Å². The van der Waals surface area contributed by atoms with E-state index in [1.165, 1.54) is 0 Å². The maximum absolute atomic E-state index is 5.55. The van der Waals surface area contributed by atoms with Crippen LogP contribution >= 0.6 is 27.7 Å². The van der Waals surface area contributed by atoms with Crippen LogP contribution < -0.4 is 4.74 Å². The standard InChI is InChI=1S/C20H20BrN3OS/c1-4-25-18-11-9-17(10-12-18)24-19(15-5-7-16(21)8-6-15)22-23-20(24)26-13-14(2)3/h5-12H,2,4,13H2,1,3H3. The Morgan fingerprint density at radius 1 is 1.12 bits per heavy atom. The van der Waals surface area contributed by atoms with Crippen molar-refractivity contribution in [2.45, 2.75) is 19.0 Å². The highest BCUT2D eigenvalue weighted by Gasteiger charge is 2.16. The summed E-state index contributed by atoms with van der Waals surface area (Å²) in [5.74, 6) is 2.46. The van der Waals surface area contributed by atoms with E-state index in [1.807, 2.05) is 62.4 Å². The number of hydrogen-bond acceptors (Lipinski definition) is 4. The fraction of sp³-hybridized carbons (Fsp3) is 0.200. The summed E-state index contributed by atoms with van der Waals surface area (Å²) in [6.45, 7) is 8.62. The molecule has 1 aromatic heterocycles. The molecule has 0 amide bonds. The van der Waals surface area contributed by atoms with Gasteiger partial charge in [0.2, 0.25) is 0 Å². The Morgan fingerprint density at radius 3 is 2.42 bits per heavy atom. The quantitative estimate of drug-likeness (QED) is 0.353. The molecule has 0 bridgehead atoms. The number of benzene rings is 2. The summed E-state index contributed by atoms with van der Waals surface area (Å²) in [6.07, 6.45) is 0. The van der Waals surface area contributed by atoms with Crippen LogP contribution in [0.4, 0.5) is 0 Å². The van der Waals surface area contributed by atoms with E-state index in [1.54, 1.807) is 11.8 Å². The van der Waals surface area contributed by atoms with Gasteiger partial charge in [0, 0.05) is 21.5 Å². The minimum Gasteiger partial charge on any atom is -0.494 e. The van der Waals surface area contributed by atoms with E-state index in [-0.39, 0.29) is 0 Å². The maximum atomic E-state index is 5.55. The molecule has 4 nitrogen and oxygen atoms in total. The van der Waals surface area contributed by atoms with Crippen molar-refractivity contribution in [1.29, 1.82) is 0 Å². The van der Waals surface area contributed by atoms with Gasteiger partial charge in [-0.2, -0.15) is 0 Å². The molecule has 0 spiro atoms. The van der Waals surface area contributed by atoms with E-state index < -0.39 is 0 Å². The molecule has 1 heterocycles. The Hall–Kier alpha value is -2.05. The van der Waals surface area contributed by atoms with Crippen molar-refractivity contribution in [2.24, 2.45) is 0 Å². The third-order valence-electron chi connectivity index (χ3n) is 3.59. The van der Waals surface area contributed by atoms with E-state index in [2.05, 4.69) is 37.3 Å². The van der Waals surface area contributed by atoms with Gasteiger partial charge in [0.25, 0.3) is 0 Å². The van der Waals surface area contributed by atoms with Crippen molar-refractivity contribution in [3.05, 3.63) is 65.2 Å². The summed E-state index contributed by atoms with van der Waals surface area (Å²) in [5.41, 5.74) is 3.11. The number of thioether (sulfide) groups is 1. The van der Waals surface area contributed by atoms with Crippen LogP contribution in [0.15, 0.2) is 70.3 Å². The van der Waals surface area contributed by atoms with E-state index >= 15 is 0 Å². The lowest BCUT2D eigenvalue weighted by atomic mass is 10.2. The Kier molecular flexibility index (Phi) is 6.16. The lowest BCUT2D eigenvalue weighted by Crippen LogP contribution is -2.00. The molecule has 0 saturated carbocycles. The van der Waals surface area contributed by atoms with Gasteiger partial charge in [-0.3, -0.25) is 4.57 Å². The SMILES string of the molecule is C=C(C)CSc1nnc(-c2ccc(Br)cc2)n1-c1ccc(OCC)cc1. The zero-order chi connectivity index (χ0) is 18.5. The van der Waals surface area contributed by atoms with Gasteiger partial charge >= 0.3 is 0 Å². The third-order valence-corrected chi connectivity index (χ3v) is 5.28. The molecule has 0 atom stereocenters. The van der Waals surface area contributed by atoms with Gasteiger partial charge < -0.3 is 4.74 Å². The normalized spacial score (nSPS) is 10.7. The lowest BCUT2D eigenvalue weighted by Gasteiger charge is -2.11. The average molecular weight is 430 g/mol. The highest BCUT2D eigenvalue weighted by atomic mass is 79.9. The molecule has 26 heavy (non-hydrogen) atoms. The predicted molar refractivity (Wildman–Crippen MR) is 111 cm³/mol. The topological polar surface area (TPSA) is 39.9 Å². The van der Waals surface area contributed by atoms with Crippen LogP contribution in [0.3, 0.4) is 0 Å². The smallest absolute Gasteiger partial charge is 0.196 e. The number of rotatable bonds is 7. The molecule has 3 aromatic rings. The third kappa shape index (κ3) is 4.37. The Labute approximate surface area is 166 Å². The highest BCUT2D eigenvalue weighted by molar-refractivity contribution is 9.10. The largest absolute Gasteiger partial charge is 0.494 e. The fourth-order valence-corrected chi connectivity index (χ4v) is 3.49. The Bertz CT molecular complexity index is 888. The summed E-state index contributed by atoms with van der Waals surface area (Å²) < 4.78 is 8.66. The molecule has 0 aliphatic heterocycles. The van der Waals surface area contributed by atoms with Crippen LogP contribution in [0.1, 0.15) is 13.8 Å². The number of aromatic nitrogens is 3. The molecule has 0 N–H and O–H groups in total. The maximum Gasteiger partial charge on any atom is 0.196 e. The van der Waals surface area contributed by atoms with E-state index in [0.29, 0.717) is 6.61 Å². The monoisotopic (exact) mass is 429 g/mol. The van der Waals surface area contributed by atoms with E-state index in [4.69, 9.17) is 4.74 Å². The number of hydrogen-bond donors (Lipinski definition) is 0. The first-order valence-electron chi connectivity index (χ1n) is 8.30. The summed E-state index contributed by atoms with van der Waals surface area (Å²) in [7, 11) is 0. The fourth-order valence-electron chi connectivity index (χ4n) is 2.43. The second kappa shape index (κ2) is 8.56. The van der Waals surface area contributed by atoms with Crippen molar-refractivity contribution < 1.29 is 4.74 Å². The van der Waals surface area contributed by atoms with Gasteiger partial charge in [0.1, 0.15) is 5.75 Å². The molecular weight excluding hydrogens is 410 g/mol. The number of halogens is 1. The summed E-state index contributed by atoms with van der Waals surface area (Å²) in [6, 6.07) is 16.1. The minimum atomic E-state index is 0.649. The van der Waals surface area contributed by atoms with Crippen LogP contribution in [-0.2, 0) is 0 Å². The van der Waals surface area contributed by atoms with Crippen molar-refractivity contribution in [2.75, 3.05) is 12.4 Å². The van der Waals surface area contributed by atoms with Gasteiger partial charge in [-0.05, 0) is 50.2 Å². The molecule has 0 saturated heterocycles. The van der Waals surface area contributed by atoms with Gasteiger partial charge in [0.05, 0.1) is 6.61 Å². The number of nitrogens with zero attached hydrogens (tertiary/aromatic N) is 3. The second-order valence-electron chi connectivity index (χ2n) is 5.82. The van der Waals surface area contributed by atoms with Crippen LogP contribution in [0, 0.1) is 0 Å². The highest BCUT2D eigenvalue weighted by Crippen LogP contribution is 2.30. The van der Waals surface area contributed by atoms with Crippen LogP contribution in [-0.4, -0.2) is 27.1 Å². The first-order chi connectivity index (χ1) is 12.6. The van der Waals surface area contributed by atoms with Gasteiger partial charge in [-0.15, -0.1) is 10.2 Å². The van der Waals surface area contributed by atoms with E-state index in [9.17, 15) is 0 Å². The van der Waals surface area contributed by atoms with Crippen molar-refractivity contribution in [1.82, 2.24) is 14.8 Å². The van der Waals surface area contributed by atoms with Crippen molar-refractivity contribution in [3.63, 3.8) is 0 Å². The molecule has 0 fully saturated rings. The first-order valence-corrected chi connectivity index (χ1v) is 10.1. The summed E-state index contributed by atoms with van der Waals surface area (Å²) in [4.78, 5) is 0. The van der Waals surface area contributed by atoms with E-state index in [0.717, 1.165) is 43.8 Å². The zero-order valence-corrected chi connectivity index (χ0v) is 17.2. The minimum absolute atomic E-state index is 0.649. The molecule has 134 valence electrons. The summed E-state index contributed by atoms with van der Waals surface area (Å²) in [5, 5.41) is 9.70. The molecule has 0 aliphatic carbocycles. The van der Waals surface area contributed by atoms with Crippen LogP contribution in [0.25, 0.3) is 17.1 Å². The van der Waals surface area contributed by atoms with Gasteiger partial charge in [-0.1, -0.05) is 52.0 Å².